The van der Waals surface area contributed by atoms with Crippen molar-refractivity contribution in [2.45, 2.75) is 52.1 Å². The van der Waals surface area contributed by atoms with Gasteiger partial charge in [0.1, 0.15) is 0 Å². The van der Waals surface area contributed by atoms with Gasteiger partial charge in [-0.3, -0.25) is 14.6 Å². The zero-order valence-corrected chi connectivity index (χ0v) is 15.8. The van der Waals surface area contributed by atoms with Gasteiger partial charge in [0.2, 0.25) is 5.91 Å². The molecule has 1 N–H and O–H groups in total. The Morgan fingerprint density at radius 2 is 1.76 bits per heavy atom. The SMILES string of the molecule is Cc1cccc(CN2CCN(CC(=O)NC3CCC(C)CC3)CC2)c1. The van der Waals surface area contributed by atoms with Crippen LogP contribution in [-0.4, -0.2) is 54.5 Å². The van der Waals surface area contributed by atoms with Crippen molar-refractivity contribution in [1.29, 1.82) is 0 Å². The topological polar surface area (TPSA) is 35.6 Å². The summed E-state index contributed by atoms with van der Waals surface area (Å²) in [6, 6.07) is 9.17. The number of hydrogen-bond acceptors (Lipinski definition) is 3. The standard InChI is InChI=1S/C21H33N3O/c1-17-6-8-20(9-7-17)22-21(25)16-24-12-10-23(11-13-24)15-19-5-3-4-18(2)14-19/h3-5,14,17,20H,6-13,15-16H2,1-2H3,(H,22,25). The number of amides is 1. The summed E-state index contributed by atoms with van der Waals surface area (Å²) in [6.45, 7) is 10.1. The van der Waals surface area contributed by atoms with Crippen LogP contribution < -0.4 is 5.32 Å². The number of piperazine rings is 1. The highest BCUT2D eigenvalue weighted by atomic mass is 16.2. The van der Waals surface area contributed by atoms with E-state index in [0.29, 0.717) is 12.6 Å². The van der Waals surface area contributed by atoms with E-state index in [9.17, 15) is 4.79 Å². The lowest BCUT2D eigenvalue weighted by atomic mass is 9.87. The third kappa shape index (κ3) is 5.82. The van der Waals surface area contributed by atoms with Crippen molar-refractivity contribution in [3.63, 3.8) is 0 Å². The Morgan fingerprint density at radius 3 is 2.44 bits per heavy atom. The van der Waals surface area contributed by atoms with Crippen LogP contribution in [0.4, 0.5) is 0 Å². The average Bonchev–Trinajstić information content (AvgIpc) is 2.59. The molecule has 0 radical (unpaired) electrons. The number of hydrogen-bond donors (Lipinski definition) is 1. The van der Waals surface area contributed by atoms with E-state index < -0.39 is 0 Å². The minimum atomic E-state index is 0.215. The molecule has 0 bridgehead atoms. The highest BCUT2D eigenvalue weighted by Gasteiger charge is 2.22. The number of nitrogens with one attached hydrogen (secondary N) is 1. The molecule has 0 unspecified atom stereocenters. The molecule has 1 saturated carbocycles. The number of carbonyl (C=O) groups excluding carboxylic acids is 1. The van der Waals surface area contributed by atoms with Crippen molar-refractivity contribution < 1.29 is 4.79 Å². The molecule has 4 heteroatoms. The Morgan fingerprint density at radius 1 is 1.08 bits per heavy atom. The third-order valence-corrected chi connectivity index (χ3v) is 5.70. The van der Waals surface area contributed by atoms with Crippen LogP contribution in [0.2, 0.25) is 0 Å². The molecule has 3 rings (SSSR count). The normalized spacial score (nSPS) is 25.7. The molecule has 1 aliphatic carbocycles. The molecule has 0 atom stereocenters. The Kier molecular flexibility index (Phi) is 6.49. The van der Waals surface area contributed by atoms with Gasteiger partial charge in [0.15, 0.2) is 0 Å². The van der Waals surface area contributed by atoms with Gasteiger partial charge in [-0.1, -0.05) is 36.8 Å². The van der Waals surface area contributed by atoms with E-state index in [1.807, 2.05) is 0 Å². The smallest absolute Gasteiger partial charge is 0.234 e. The maximum absolute atomic E-state index is 12.3. The van der Waals surface area contributed by atoms with Crippen molar-refractivity contribution >= 4 is 5.91 Å². The van der Waals surface area contributed by atoms with Crippen LogP contribution in [0.5, 0.6) is 0 Å². The van der Waals surface area contributed by atoms with Crippen molar-refractivity contribution in [2.24, 2.45) is 5.92 Å². The molecule has 2 aliphatic rings. The molecular formula is C21H33N3O. The van der Waals surface area contributed by atoms with Crippen molar-refractivity contribution in [3.8, 4) is 0 Å². The zero-order valence-electron chi connectivity index (χ0n) is 15.8. The summed E-state index contributed by atoms with van der Waals surface area (Å²) in [4.78, 5) is 17.1. The second kappa shape index (κ2) is 8.81. The number of rotatable bonds is 5. The molecule has 1 amide bonds. The predicted octanol–water partition coefficient (Wildman–Crippen LogP) is 2.81. The van der Waals surface area contributed by atoms with Crippen molar-refractivity contribution in [3.05, 3.63) is 35.4 Å². The van der Waals surface area contributed by atoms with Gasteiger partial charge in [0.25, 0.3) is 0 Å². The van der Waals surface area contributed by atoms with Crippen LogP contribution in [0, 0.1) is 12.8 Å². The first-order chi connectivity index (χ1) is 12.1. The lowest BCUT2D eigenvalue weighted by Gasteiger charge is -2.35. The van der Waals surface area contributed by atoms with E-state index in [2.05, 4.69) is 53.2 Å². The van der Waals surface area contributed by atoms with Gasteiger partial charge < -0.3 is 5.32 Å². The monoisotopic (exact) mass is 343 g/mol. The molecule has 0 spiro atoms. The van der Waals surface area contributed by atoms with Gasteiger partial charge >= 0.3 is 0 Å². The molecule has 1 aromatic carbocycles. The van der Waals surface area contributed by atoms with E-state index >= 15 is 0 Å². The van der Waals surface area contributed by atoms with Crippen molar-refractivity contribution in [1.82, 2.24) is 15.1 Å². The summed E-state index contributed by atoms with van der Waals surface area (Å²) in [6.07, 6.45) is 4.81. The molecule has 25 heavy (non-hydrogen) atoms. The molecule has 1 aliphatic heterocycles. The summed E-state index contributed by atoms with van der Waals surface area (Å²) in [7, 11) is 0. The van der Waals surface area contributed by atoms with E-state index in [4.69, 9.17) is 0 Å². The number of nitrogens with zero attached hydrogens (tertiary/aromatic N) is 2. The number of aryl methyl sites for hydroxylation is 1. The van der Waals surface area contributed by atoms with Crippen LogP contribution in [0.3, 0.4) is 0 Å². The molecule has 0 aromatic heterocycles. The molecule has 138 valence electrons. The summed E-state index contributed by atoms with van der Waals surface area (Å²) >= 11 is 0. The lowest BCUT2D eigenvalue weighted by Crippen LogP contribution is -2.50. The van der Waals surface area contributed by atoms with Gasteiger partial charge in [-0.25, -0.2) is 0 Å². The Labute approximate surface area is 152 Å². The fraction of sp³-hybridized carbons (Fsp3) is 0.667. The van der Waals surface area contributed by atoms with Crippen LogP contribution in [-0.2, 0) is 11.3 Å². The number of carbonyl (C=O) groups is 1. The van der Waals surface area contributed by atoms with Gasteiger partial charge in [0, 0.05) is 38.8 Å². The average molecular weight is 344 g/mol. The van der Waals surface area contributed by atoms with Gasteiger partial charge in [-0.05, 0) is 44.1 Å². The van der Waals surface area contributed by atoms with Crippen LogP contribution in [0.15, 0.2) is 24.3 Å². The fourth-order valence-electron chi connectivity index (χ4n) is 4.06. The van der Waals surface area contributed by atoms with Gasteiger partial charge in [-0.15, -0.1) is 0 Å². The van der Waals surface area contributed by atoms with E-state index in [1.54, 1.807) is 0 Å². The molecule has 1 heterocycles. The minimum Gasteiger partial charge on any atom is -0.352 e. The molecular weight excluding hydrogens is 310 g/mol. The number of benzene rings is 1. The maximum Gasteiger partial charge on any atom is 0.234 e. The molecule has 1 aromatic rings. The maximum atomic E-state index is 12.3. The fourth-order valence-corrected chi connectivity index (χ4v) is 4.06. The molecule has 2 fully saturated rings. The largest absolute Gasteiger partial charge is 0.352 e. The third-order valence-electron chi connectivity index (χ3n) is 5.70. The van der Waals surface area contributed by atoms with Gasteiger partial charge in [-0.2, -0.15) is 0 Å². The predicted molar refractivity (Wildman–Crippen MR) is 102 cm³/mol. The summed E-state index contributed by atoms with van der Waals surface area (Å²) in [5.41, 5.74) is 2.71. The summed E-state index contributed by atoms with van der Waals surface area (Å²) in [5.74, 6) is 1.04. The quantitative estimate of drug-likeness (QED) is 0.893. The summed E-state index contributed by atoms with van der Waals surface area (Å²) < 4.78 is 0. The second-order valence-electron chi connectivity index (χ2n) is 8.07. The Hall–Kier alpha value is -1.39. The highest BCUT2D eigenvalue weighted by Crippen LogP contribution is 2.23. The van der Waals surface area contributed by atoms with E-state index in [1.165, 1.54) is 24.0 Å². The second-order valence-corrected chi connectivity index (χ2v) is 8.07. The first kappa shape index (κ1) is 18.4. The molecule has 4 nitrogen and oxygen atoms in total. The van der Waals surface area contributed by atoms with E-state index in [0.717, 1.165) is 51.5 Å². The van der Waals surface area contributed by atoms with Crippen LogP contribution >= 0.6 is 0 Å². The Balaban J connectivity index is 1.36. The first-order valence-corrected chi connectivity index (χ1v) is 9.88. The van der Waals surface area contributed by atoms with Crippen LogP contribution in [0.25, 0.3) is 0 Å². The zero-order chi connectivity index (χ0) is 17.6. The van der Waals surface area contributed by atoms with Gasteiger partial charge in [0.05, 0.1) is 6.54 Å². The van der Waals surface area contributed by atoms with Crippen molar-refractivity contribution in [2.75, 3.05) is 32.7 Å². The Bertz CT molecular complexity index is 558. The first-order valence-electron chi connectivity index (χ1n) is 9.88. The van der Waals surface area contributed by atoms with E-state index in [-0.39, 0.29) is 5.91 Å². The lowest BCUT2D eigenvalue weighted by molar-refractivity contribution is -0.123. The summed E-state index contributed by atoms with van der Waals surface area (Å²) in [5, 5.41) is 3.25. The highest BCUT2D eigenvalue weighted by molar-refractivity contribution is 5.78. The van der Waals surface area contributed by atoms with Crippen LogP contribution in [0.1, 0.15) is 43.7 Å². The molecule has 1 saturated heterocycles. The minimum absolute atomic E-state index is 0.215.